The quantitative estimate of drug-likeness (QED) is 0.168. The van der Waals surface area contributed by atoms with Crippen molar-refractivity contribution in [1.82, 2.24) is 0 Å². The summed E-state index contributed by atoms with van der Waals surface area (Å²) in [7, 11) is 1.54. The molecule has 0 N–H and O–H groups in total. The van der Waals surface area contributed by atoms with E-state index in [1.54, 1.807) is 18.2 Å². The molecule has 0 saturated carbocycles. The summed E-state index contributed by atoms with van der Waals surface area (Å²) in [5, 5.41) is 0. The molecule has 0 amide bonds. The summed E-state index contributed by atoms with van der Waals surface area (Å²) in [6, 6.07) is 28.4. The van der Waals surface area contributed by atoms with Gasteiger partial charge >= 0.3 is 218 Å². The first-order chi connectivity index (χ1) is 18.4. The zero-order valence-electron chi connectivity index (χ0n) is 21.3. The number of rotatable bonds is 7. The van der Waals surface area contributed by atoms with Crippen molar-refractivity contribution in [3.8, 4) is 11.1 Å². The summed E-state index contributed by atoms with van der Waals surface area (Å²) in [4.78, 5) is 23.6. The van der Waals surface area contributed by atoms with Gasteiger partial charge in [-0.05, 0) is 0 Å². The molecule has 38 heavy (non-hydrogen) atoms. The van der Waals surface area contributed by atoms with Crippen molar-refractivity contribution < 1.29 is 16.0 Å². The van der Waals surface area contributed by atoms with Gasteiger partial charge in [-0.3, -0.25) is 0 Å². The van der Waals surface area contributed by atoms with Crippen LogP contribution in [0.25, 0.3) is 11.1 Å². The third-order valence-corrected chi connectivity index (χ3v) is 64.7. The average Bonchev–Trinajstić information content (AvgIpc) is 3.86. The first-order valence-corrected chi connectivity index (χ1v) is 21.9. The number of benzene rings is 3. The van der Waals surface area contributed by atoms with Crippen LogP contribution in [0, 0.1) is 0 Å². The normalized spacial score (nSPS) is 62.0. The van der Waals surface area contributed by atoms with E-state index < -0.39 is 6.51 Å². The summed E-state index contributed by atoms with van der Waals surface area (Å²) in [5.41, 5.74) is 8.99. The molecule has 0 radical (unpaired) electrons. The molecule has 5 atom stereocenters. The summed E-state index contributed by atoms with van der Waals surface area (Å²) in [6.45, 7) is -3.58. The molecule has 1 aliphatic carbocycles. The number of thioether (sulfide) groups is 1. The number of hydrogen-bond donors (Lipinski definition) is 0. The second kappa shape index (κ2) is 2.81. The third kappa shape index (κ3) is 0.469. The number of carbonyl (C=O) groups excluding carboxylic acids is 1. The zero-order chi connectivity index (χ0) is 24.6. The standard InChI is InChI=1S/C29H25O2S.C5H5.Fe/c1-31-28(30)17-18-32-29(24-12-6-7-13-24,23-10-3-2-4-11-23)25-15-16-27-22(20-25)19-21-9-5-8-14-26(21)27;1-2-4-5-3-1;/h2-16,20H,17-19H2,1H3;1-5H;. The molecule has 10 fully saturated rings. The predicted molar refractivity (Wildman–Crippen MR) is 147 cm³/mol. The van der Waals surface area contributed by atoms with Crippen LogP contribution in [0.2, 0.25) is 47.7 Å². The second-order valence-electron chi connectivity index (χ2n) is 16.6. The number of fused-ring (bicyclic) bond motifs is 13. The fourth-order valence-electron chi connectivity index (χ4n) is 21.5. The number of methoxy groups -OCH3 is 1. The van der Waals surface area contributed by atoms with Gasteiger partial charge in [-0.15, -0.1) is 0 Å². The molecule has 10 aliphatic heterocycles. The van der Waals surface area contributed by atoms with Gasteiger partial charge in [0.15, 0.2) is 0 Å². The van der Waals surface area contributed by atoms with E-state index in [-0.39, 0.29) is 10.7 Å². The Kier molecular flexibility index (Phi) is 1.36. The topological polar surface area (TPSA) is 26.3 Å². The van der Waals surface area contributed by atoms with Crippen molar-refractivity contribution in [3.05, 3.63) is 95.1 Å². The fraction of sp³-hybridized carbons (Fsp3) is 0.441. The van der Waals surface area contributed by atoms with Crippen LogP contribution in [0.4, 0.5) is 0 Å². The van der Waals surface area contributed by atoms with E-state index in [0.29, 0.717) is 10.7 Å². The molecular weight excluding hydrogens is 528 g/mol. The molecule has 10 heterocycles. The van der Waals surface area contributed by atoms with Gasteiger partial charge in [0.05, 0.1) is 0 Å². The summed E-state index contributed by atoms with van der Waals surface area (Å²) >= 11 is 2.18. The summed E-state index contributed by atoms with van der Waals surface area (Å²) in [5.74, 6) is 0.797. The Morgan fingerprint density at radius 1 is 0.842 bits per heavy atom. The second-order valence-corrected chi connectivity index (χ2v) is 41.5. The van der Waals surface area contributed by atoms with Crippen molar-refractivity contribution in [2.75, 3.05) is 12.9 Å². The van der Waals surface area contributed by atoms with Gasteiger partial charge in [-0.2, -0.15) is 0 Å². The van der Waals surface area contributed by atoms with Crippen LogP contribution >= 0.6 is 11.8 Å². The molecule has 5 unspecified atom stereocenters. The maximum atomic E-state index is 12.4. The van der Waals surface area contributed by atoms with Crippen LogP contribution in [0.15, 0.2) is 72.8 Å². The number of ether oxygens (including phenoxy) is 1. The Balaban J connectivity index is 1.06. The number of esters is 1. The molecule has 1 spiro atoms. The van der Waals surface area contributed by atoms with Gasteiger partial charge in [0.1, 0.15) is 0 Å². The van der Waals surface area contributed by atoms with Crippen LogP contribution in [-0.2, 0) is 27.2 Å². The average molecular weight is 559 g/mol. The molecule has 192 valence electrons. The Labute approximate surface area is 217 Å². The predicted octanol–water partition coefficient (Wildman–Crippen LogP) is 8.56. The van der Waals surface area contributed by atoms with Crippen LogP contribution in [0.1, 0.15) is 28.7 Å². The minimum absolute atomic E-state index is 0.0149. The molecular formula is C34H30FeO2S. The monoisotopic (exact) mass is 558 g/mol. The van der Waals surface area contributed by atoms with E-state index in [4.69, 9.17) is 4.74 Å². The minimum atomic E-state index is -3.58. The molecule has 3 aromatic rings. The van der Waals surface area contributed by atoms with E-state index in [1.165, 1.54) is 56.0 Å². The van der Waals surface area contributed by atoms with Gasteiger partial charge in [0, 0.05) is 0 Å². The molecule has 3 aromatic carbocycles. The molecule has 10 saturated heterocycles. The van der Waals surface area contributed by atoms with Gasteiger partial charge in [0.25, 0.3) is 0 Å². The van der Waals surface area contributed by atoms with Crippen LogP contribution in [-0.4, -0.2) is 18.8 Å². The van der Waals surface area contributed by atoms with Crippen molar-refractivity contribution in [3.63, 3.8) is 0 Å². The van der Waals surface area contributed by atoms with Gasteiger partial charge in [0.2, 0.25) is 0 Å². The van der Waals surface area contributed by atoms with Gasteiger partial charge in [-0.1, -0.05) is 0 Å². The van der Waals surface area contributed by atoms with E-state index in [0.717, 1.165) is 21.8 Å². The maximum absolute atomic E-state index is 12.4. The Bertz CT molecular complexity index is 2070. The van der Waals surface area contributed by atoms with E-state index in [1.807, 2.05) is 0 Å². The fourth-order valence-corrected chi connectivity index (χ4v) is 100.0. The van der Waals surface area contributed by atoms with Crippen molar-refractivity contribution in [2.45, 2.75) is 65.2 Å². The molecule has 2 nitrogen and oxygen atoms in total. The van der Waals surface area contributed by atoms with Crippen molar-refractivity contribution in [1.29, 1.82) is 0 Å². The van der Waals surface area contributed by atoms with E-state index in [9.17, 15) is 4.79 Å². The molecule has 0 aromatic heterocycles. The number of carbonyl (C=O) groups is 1. The molecule has 11 aliphatic rings. The van der Waals surface area contributed by atoms with Crippen molar-refractivity contribution >= 4 is 17.7 Å². The summed E-state index contributed by atoms with van der Waals surface area (Å²) < 4.78 is 5.77. The molecule has 0 bridgehead atoms. The summed E-state index contributed by atoms with van der Waals surface area (Å²) in [6.07, 6.45) is 1.57. The molecule has 14 rings (SSSR count). The van der Waals surface area contributed by atoms with E-state index in [2.05, 4.69) is 84.6 Å². The van der Waals surface area contributed by atoms with Crippen LogP contribution < -0.4 is 0 Å². The van der Waals surface area contributed by atoms with E-state index >= 15 is 0 Å². The first-order valence-electron chi connectivity index (χ1n) is 14.6. The van der Waals surface area contributed by atoms with Crippen molar-refractivity contribution in [2.24, 2.45) is 0 Å². The third-order valence-electron chi connectivity index (χ3n) is 20.4. The van der Waals surface area contributed by atoms with Crippen LogP contribution in [0.3, 0.4) is 0 Å². The molecule has 4 heteroatoms. The van der Waals surface area contributed by atoms with Gasteiger partial charge < -0.3 is 0 Å². The van der Waals surface area contributed by atoms with Gasteiger partial charge in [-0.25, -0.2) is 0 Å². The Morgan fingerprint density at radius 2 is 1.50 bits per heavy atom. The Hall–Kier alpha value is -2.00. The first kappa shape index (κ1) is 18.4. The Morgan fingerprint density at radius 3 is 2.13 bits per heavy atom. The number of hydrogen-bond acceptors (Lipinski definition) is 3. The zero-order valence-corrected chi connectivity index (χ0v) is 23.2. The van der Waals surface area contributed by atoms with Crippen LogP contribution in [0.5, 0.6) is 0 Å². The SMILES string of the molecule is COC(=O)CCSC(c1ccccc1)(c1ccc2c(c1)Cc1ccccc1-2)[C]12[CH]3[CH]4[CH]5[CH]1[Fe]45321678[CH]2[CH]1[CH]6[CH]7[CH]28.